The SMILES string of the molecule is CN1CCN(c2c(F)cncc2NC(=O)C(C(N)N=O)C2NCC(F)CN2)CC1. The van der Waals surface area contributed by atoms with Crippen LogP contribution in [-0.4, -0.2) is 80.6 Å². The van der Waals surface area contributed by atoms with Crippen molar-refractivity contribution in [2.24, 2.45) is 16.8 Å². The number of hydrogen-bond acceptors (Lipinski definition) is 9. The summed E-state index contributed by atoms with van der Waals surface area (Å²) < 4.78 is 28.0. The van der Waals surface area contributed by atoms with Gasteiger partial charge in [0.15, 0.2) is 12.0 Å². The molecule has 1 aromatic heterocycles. The number of nitrogens with two attached hydrogens (primary N) is 1. The van der Waals surface area contributed by atoms with E-state index in [9.17, 15) is 18.5 Å². The van der Waals surface area contributed by atoms with Crippen LogP contribution in [0.5, 0.6) is 0 Å². The van der Waals surface area contributed by atoms with Gasteiger partial charge in [0, 0.05) is 39.3 Å². The van der Waals surface area contributed by atoms with Crippen molar-refractivity contribution in [3.8, 4) is 0 Å². The maximum atomic E-state index is 14.6. The number of anilines is 2. The first-order chi connectivity index (χ1) is 13.9. The number of piperazine rings is 1. The molecule has 3 rings (SSSR count). The average molecular weight is 412 g/mol. The van der Waals surface area contributed by atoms with Gasteiger partial charge >= 0.3 is 0 Å². The fourth-order valence-corrected chi connectivity index (χ4v) is 3.56. The molecular formula is C17H26F2N8O2. The summed E-state index contributed by atoms with van der Waals surface area (Å²) in [4.78, 5) is 31.8. The quantitative estimate of drug-likeness (QED) is 0.458. The first-order valence-electron chi connectivity index (χ1n) is 9.47. The number of rotatable bonds is 6. The second-order valence-electron chi connectivity index (χ2n) is 7.31. The van der Waals surface area contributed by atoms with Crippen LogP contribution in [0, 0.1) is 16.6 Å². The number of hydrogen-bond donors (Lipinski definition) is 4. The lowest BCUT2D eigenvalue weighted by atomic mass is 9.99. The molecule has 10 nitrogen and oxygen atoms in total. The summed E-state index contributed by atoms with van der Waals surface area (Å²) in [6, 6.07) is 0. The Morgan fingerprint density at radius 3 is 2.59 bits per heavy atom. The fraction of sp³-hybridized carbons (Fsp3) is 0.647. The number of nitrogens with zero attached hydrogens (tertiary/aromatic N) is 4. The molecule has 29 heavy (non-hydrogen) atoms. The third-order valence-corrected chi connectivity index (χ3v) is 5.22. The van der Waals surface area contributed by atoms with Crippen molar-refractivity contribution in [2.45, 2.75) is 18.5 Å². The topological polar surface area (TPSA) is 128 Å². The lowest BCUT2D eigenvalue weighted by Gasteiger charge is -2.36. The molecule has 0 aromatic carbocycles. The van der Waals surface area contributed by atoms with E-state index in [1.165, 1.54) is 6.20 Å². The molecule has 2 atom stereocenters. The largest absolute Gasteiger partial charge is 0.365 e. The fourth-order valence-electron chi connectivity index (χ4n) is 3.56. The van der Waals surface area contributed by atoms with E-state index in [1.807, 2.05) is 11.9 Å². The summed E-state index contributed by atoms with van der Waals surface area (Å²) in [5.41, 5.74) is 6.16. The van der Waals surface area contributed by atoms with Crippen LogP contribution in [0.15, 0.2) is 17.6 Å². The zero-order valence-corrected chi connectivity index (χ0v) is 16.1. The van der Waals surface area contributed by atoms with Crippen LogP contribution in [0.2, 0.25) is 0 Å². The van der Waals surface area contributed by atoms with Crippen LogP contribution >= 0.6 is 0 Å². The Labute approximate surface area is 167 Å². The number of carbonyl (C=O) groups excluding carboxylic acids is 1. The molecule has 0 radical (unpaired) electrons. The molecule has 0 bridgehead atoms. The summed E-state index contributed by atoms with van der Waals surface area (Å²) in [6.07, 6.45) is -0.796. The number of alkyl halides is 1. The van der Waals surface area contributed by atoms with Gasteiger partial charge in [-0.3, -0.25) is 20.4 Å². The van der Waals surface area contributed by atoms with Crippen molar-refractivity contribution in [1.29, 1.82) is 0 Å². The molecule has 160 valence electrons. The van der Waals surface area contributed by atoms with Crippen LogP contribution in [0.4, 0.5) is 20.2 Å². The molecule has 1 aromatic rings. The zero-order valence-electron chi connectivity index (χ0n) is 16.1. The molecule has 0 aliphatic carbocycles. The third kappa shape index (κ3) is 5.01. The molecule has 12 heteroatoms. The minimum Gasteiger partial charge on any atom is -0.365 e. The highest BCUT2D eigenvalue weighted by Gasteiger charge is 2.37. The highest BCUT2D eigenvalue weighted by Crippen LogP contribution is 2.30. The normalized spacial score (nSPS) is 25.3. The molecule has 1 amide bonds. The Morgan fingerprint density at radius 2 is 1.97 bits per heavy atom. The van der Waals surface area contributed by atoms with Gasteiger partial charge in [-0.05, 0) is 7.05 Å². The first-order valence-corrected chi connectivity index (χ1v) is 9.47. The van der Waals surface area contributed by atoms with E-state index >= 15 is 0 Å². The summed E-state index contributed by atoms with van der Waals surface area (Å²) in [5, 5.41) is 11.0. The van der Waals surface area contributed by atoms with Crippen LogP contribution in [0.3, 0.4) is 0 Å². The number of amides is 1. The van der Waals surface area contributed by atoms with Crippen molar-refractivity contribution in [2.75, 3.05) is 56.5 Å². The van der Waals surface area contributed by atoms with E-state index in [1.54, 1.807) is 0 Å². The smallest absolute Gasteiger partial charge is 0.234 e. The molecule has 0 saturated carbocycles. The Bertz CT molecular complexity index is 723. The molecule has 3 heterocycles. The Morgan fingerprint density at radius 1 is 1.31 bits per heavy atom. The van der Waals surface area contributed by atoms with E-state index in [4.69, 9.17) is 5.73 Å². The van der Waals surface area contributed by atoms with E-state index < -0.39 is 36.1 Å². The van der Waals surface area contributed by atoms with Gasteiger partial charge in [0.05, 0.1) is 24.2 Å². The van der Waals surface area contributed by atoms with Crippen LogP contribution < -0.4 is 26.6 Å². The van der Waals surface area contributed by atoms with E-state index in [0.29, 0.717) is 13.1 Å². The monoisotopic (exact) mass is 412 g/mol. The Balaban J connectivity index is 1.81. The molecule has 5 N–H and O–H groups in total. The zero-order chi connectivity index (χ0) is 21.0. The van der Waals surface area contributed by atoms with Gasteiger partial charge in [-0.25, -0.2) is 8.78 Å². The van der Waals surface area contributed by atoms with Crippen LogP contribution in [-0.2, 0) is 4.79 Å². The molecule has 2 unspecified atom stereocenters. The molecule has 2 saturated heterocycles. The van der Waals surface area contributed by atoms with Gasteiger partial charge < -0.3 is 20.9 Å². The van der Waals surface area contributed by atoms with Crippen molar-refractivity contribution in [3.05, 3.63) is 23.1 Å². The lowest BCUT2D eigenvalue weighted by molar-refractivity contribution is -0.122. The highest BCUT2D eigenvalue weighted by molar-refractivity contribution is 5.96. The molecule has 0 spiro atoms. The van der Waals surface area contributed by atoms with Crippen molar-refractivity contribution >= 4 is 17.3 Å². The number of nitrogens with one attached hydrogen (secondary N) is 3. The van der Waals surface area contributed by atoms with Gasteiger partial charge in [0.2, 0.25) is 5.91 Å². The van der Waals surface area contributed by atoms with E-state index in [2.05, 4.69) is 31.0 Å². The second-order valence-corrected chi connectivity index (χ2v) is 7.31. The van der Waals surface area contributed by atoms with Gasteiger partial charge in [0.25, 0.3) is 0 Å². The van der Waals surface area contributed by atoms with Gasteiger partial charge in [-0.2, -0.15) is 0 Å². The maximum Gasteiger partial charge on any atom is 0.234 e. The highest BCUT2D eigenvalue weighted by atomic mass is 19.1. The summed E-state index contributed by atoms with van der Waals surface area (Å²) in [7, 11) is 1.98. The molecule has 2 fully saturated rings. The number of likely N-dealkylation sites (N-methyl/N-ethyl adjacent to an activating group) is 1. The lowest BCUT2D eigenvalue weighted by Crippen LogP contribution is -2.62. The number of halogens is 2. The van der Waals surface area contributed by atoms with Gasteiger partial charge in [0.1, 0.15) is 17.8 Å². The molecule has 2 aliphatic heterocycles. The maximum absolute atomic E-state index is 14.6. The Kier molecular flexibility index (Phi) is 7.00. The number of pyridine rings is 1. The summed E-state index contributed by atoms with van der Waals surface area (Å²) >= 11 is 0. The van der Waals surface area contributed by atoms with E-state index in [0.717, 1.165) is 19.3 Å². The van der Waals surface area contributed by atoms with Crippen LogP contribution in [0.1, 0.15) is 0 Å². The summed E-state index contributed by atoms with van der Waals surface area (Å²) in [5.74, 6) is -2.32. The molecular weight excluding hydrogens is 386 g/mol. The second kappa shape index (κ2) is 9.48. The van der Waals surface area contributed by atoms with Crippen LogP contribution in [0.25, 0.3) is 0 Å². The average Bonchev–Trinajstić information content (AvgIpc) is 2.70. The minimum atomic E-state index is -1.37. The number of aromatic nitrogens is 1. The Hall–Kier alpha value is -2.28. The number of nitroso groups, excluding NO2 is 1. The van der Waals surface area contributed by atoms with Gasteiger partial charge in [-0.15, -0.1) is 4.91 Å². The predicted octanol–water partition coefficient (Wildman–Crippen LogP) is -0.565. The summed E-state index contributed by atoms with van der Waals surface area (Å²) in [6.45, 7) is 2.70. The minimum absolute atomic E-state index is 0.0150. The van der Waals surface area contributed by atoms with Gasteiger partial charge in [-0.1, -0.05) is 5.18 Å². The van der Waals surface area contributed by atoms with E-state index in [-0.39, 0.29) is 24.5 Å². The predicted molar refractivity (Wildman–Crippen MR) is 104 cm³/mol. The van der Waals surface area contributed by atoms with Crippen molar-refractivity contribution in [1.82, 2.24) is 20.5 Å². The first kappa shape index (κ1) is 21.4. The van der Waals surface area contributed by atoms with Crippen molar-refractivity contribution < 1.29 is 13.6 Å². The standard InChI is InChI=1S/C17H26F2N8O2/c1-26-2-4-27(5-3-26)14-11(19)8-21-9-12(14)24-17(28)13(15(20)25-29)16-22-6-10(18)7-23-16/h8-10,13,15-16,22-23H,2-7,20H2,1H3,(H,24,28). The molecule has 2 aliphatic rings. The third-order valence-electron chi connectivity index (χ3n) is 5.22. The van der Waals surface area contributed by atoms with Crippen molar-refractivity contribution in [3.63, 3.8) is 0 Å². The number of carbonyl (C=O) groups is 1.